The van der Waals surface area contributed by atoms with E-state index in [1.165, 1.54) is 22.3 Å². The first-order valence-corrected chi connectivity index (χ1v) is 7.54. The van der Waals surface area contributed by atoms with Crippen LogP contribution in [-0.2, 0) is 4.74 Å². The molecule has 0 saturated heterocycles. The number of carbonyl (C=O) groups is 1. The smallest absolute Gasteiger partial charge is 0.415 e. The summed E-state index contributed by atoms with van der Waals surface area (Å²) in [5.41, 5.74) is 0.689. The average molecular weight is 323 g/mol. The van der Waals surface area contributed by atoms with Crippen LogP contribution in [-0.4, -0.2) is 28.7 Å². The first-order chi connectivity index (χ1) is 10.2. The number of thiazole rings is 1. The highest BCUT2D eigenvalue weighted by Crippen LogP contribution is 2.34. The van der Waals surface area contributed by atoms with E-state index in [1.807, 2.05) is 20.8 Å². The maximum atomic E-state index is 13.3. The van der Waals surface area contributed by atoms with Gasteiger partial charge in [-0.3, -0.25) is 9.88 Å². The van der Waals surface area contributed by atoms with Crippen LogP contribution in [0.1, 0.15) is 26.5 Å². The third-order valence-corrected chi connectivity index (χ3v) is 3.98. The molecule has 0 aliphatic carbocycles. The number of hydrogen-bond acceptors (Lipinski definition) is 5. The Morgan fingerprint density at radius 1 is 1.36 bits per heavy atom. The summed E-state index contributed by atoms with van der Waals surface area (Å²) in [5, 5.41) is 1.27. The van der Waals surface area contributed by atoms with Gasteiger partial charge in [0.1, 0.15) is 21.4 Å². The number of carbonyl (C=O) groups excluding carboxylic acids is 1. The Hall–Kier alpha value is -2.02. The van der Waals surface area contributed by atoms with Gasteiger partial charge >= 0.3 is 6.09 Å². The summed E-state index contributed by atoms with van der Waals surface area (Å²) in [6, 6.07) is 1.36. The van der Waals surface area contributed by atoms with Crippen molar-refractivity contribution in [1.29, 1.82) is 0 Å². The number of hydrogen-bond donors (Lipinski definition) is 0. The average Bonchev–Trinajstić information content (AvgIpc) is 2.78. The van der Waals surface area contributed by atoms with Gasteiger partial charge in [0.05, 0.1) is 11.9 Å². The van der Waals surface area contributed by atoms with Gasteiger partial charge in [-0.15, -0.1) is 0 Å². The van der Waals surface area contributed by atoms with Gasteiger partial charge < -0.3 is 4.74 Å². The molecule has 1 amide bonds. The third kappa shape index (κ3) is 3.79. The molecular weight excluding hydrogens is 305 g/mol. The van der Waals surface area contributed by atoms with Crippen molar-refractivity contribution in [3.63, 3.8) is 0 Å². The molecule has 2 aromatic heterocycles. The lowest BCUT2D eigenvalue weighted by Gasteiger charge is -2.23. The quantitative estimate of drug-likeness (QED) is 0.837. The minimum absolute atomic E-state index is 0.424. The molecule has 0 aliphatic rings. The Morgan fingerprint density at radius 3 is 2.64 bits per heavy atom. The van der Waals surface area contributed by atoms with E-state index in [9.17, 15) is 9.18 Å². The van der Waals surface area contributed by atoms with Crippen LogP contribution in [0.2, 0.25) is 0 Å². The van der Waals surface area contributed by atoms with Gasteiger partial charge in [-0.05, 0) is 33.8 Å². The number of ether oxygens (including phenoxy) is 1. The first kappa shape index (κ1) is 16.4. The lowest BCUT2D eigenvalue weighted by molar-refractivity contribution is 0.0590. The van der Waals surface area contributed by atoms with E-state index < -0.39 is 17.5 Å². The molecule has 5 nitrogen and oxygen atoms in total. The highest BCUT2D eigenvalue weighted by Gasteiger charge is 2.24. The minimum Gasteiger partial charge on any atom is -0.443 e. The molecule has 2 rings (SSSR count). The van der Waals surface area contributed by atoms with Crippen molar-refractivity contribution in [2.75, 3.05) is 11.9 Å². The maximum Gasteiger partial charge on any atom is 0.415 e. The van der Waals surface area contributed by atoms with Crippen LogP contribution in [0.25, 0.3) is 10.6 Å². The zero-order valence-electron chi connectivity index (χ0n) is 13.2. The van der Waals surface area contributed by atoms with Crippen molar-refractivity contribution >= 4 is 22.4 Å². The number of rotatable bonds is 2. The monoisotopic (exact) mass is 323 g/mol. The van der Waals surface area contributed by atoms with Crippen LogP contribution in [0.4, 0.5) is 14.2 Å². The van der Waals surface area contributed by atoms with Crippen molar-refractivity contribution in [3.8, 4) is 10.6 Å². The largest absolute Gasteiger partial charge is 0.443 e. The molecule has 2 aromatic rings. The molecule has 0 aromatic carbocycles. The Balaban J connectivity index is 2.28. The number of nitrogens with zero attached hydrogens (tertiary/aromatic N) is 3. The molecule has 0 N–H and O–H groups in total. The third-order valence-electron chi connectivity index (χ3n) is 2.70. The van der Waals surface area contributed by atoms with E-state index in [1.54, 1.807) is 20.2 Å². The van der Waals surface area contributed by atoms with Crippen LogP contribution >= 0.6 is 11.3 Å². The second-order valence-corrected chi connectivity index (χ2v) is 6.82. The SMILES string of the molecule is Cc1nc(-c2cncc(F)c2)sc1N(C)C(=O)OC(C)(C)C. The normalized spacial score (nSPS) is 11.4. The molecule has 0 spiro atoms. The number of aryl methyl sites for hydroxylation is 1. The standard InChI is InChI=1S/C15H18FN3O2S/c1-9-13(19(5)14(20)21-15(2,3)4)22-12(18-9)10-6-11(16)8-17-7-10/h6-8H,1-5H3. The molecule has 22 heavy (non-hydrogen) atoms. The molecular formula is C15H18FN3O2S. The van der Waals surface area contributed by atoms with E-state index in [0.29, 0.717) is 21.3 Å². The molecule has 0 fully saturated rings. The van der Waals surface area contributed by atoms with Crippen molar-refractivity contribution in [3.05, 3.63) is 30.0 Å². The predicted octanol–water partition coefficient (Wildman–Crippen LogP) is 4.02. The number of halogens is 1. The Bertz CT molecular complexity index is 694. The van der Waals surface area contributed by atoms with Gasteiger partial charge in [-0.1, -0.05) is 11.3 Å². The number of aromatic nitrogens is 2. The lowest BCUT2D eigenvalue weighted by atomic mass is 10.2. The molecule has 7 heteroatoms. The van der Waals surface area contributed by atoms with Crippen LogP contribution in [0, 0.1) is 12.7 Å². The van der Waals surface area contributed by atoms with Gasteiger partial charge in [0, 0.05) is 18.8 Å². The first-order valence-electron chi connectivity index (χ1n) is 6.72. The second-order valence-electron chi connectivity index (χ2n) is 5.84. The number of amides is 1. The topological polar surface area (TPSA) is 55.3 Å². The minimum atomic E-state index is -0.570. The molecule has 0 radical (unpaired) electrons. The maximum absolute atomic E-state index is 13.3. The van der Waals surface area contributed by atoms with Crippen molar-refractivity contribution < 1.29 is 13.9 Å². The van der Waals surface area contributed by atoms with Crippen LogP contribution in [0.5, 0.6) is 0 Å². The van der Waals surface area contributed by atoms with Gasteiger partial charge in [0.15, 0.2) is 0 Å². The molecule has 0 bridgehead atoms. The van der Waals surface area contributed by atoms with Gasteiger partial charge in [0.2, 0.25) is 0 Å². The Kier molecular flexibility index (Phi) is 4.46. The summed E-state index contributed by atoms with van der Waals surface area (Å²) in [4.78, 5) is 21.7. The second kappa shape index (κ2) is 6.00. The van der Waals surface area contributed by atoms with Crippen LogP contribution in [0.3, 0.4) is 0 Å². The Labute approximate surface area is 132 Å². The summed E-state index contributed by atoms with van der Waals surface area (Å²) in [7, 11) is 1.63. The molecule has 0 atom stereocenters. The Morgan fingerprint density at radius 2 is 2.05 bits per heavy atom. The van der Waals surface area contributed by atoms with Gasteiger partial charge in [-0.2, -0.15) is 0 Å². The lowest BCUT2D eigenvalue weighted by Crippen LogP contribution is -2.34. The van der Waals surface area contributed by atoms with E-state index in [0.717, 1.165) is 6.20 Å². The van der Waals surface area contributed by atoms with Crippen molar-refractivity contribution in [2.45, 2.75) is 33.3 Å². The summed E-state index contributed by atoms with van der Waals surface area (Å²) in [6.07, 6.45) is 2.22. The zero-order valence-corrected chi connectivity index (χ0v) is 14.0. The molecule has 0 saturated carbocycles. The fourth-order valence-electron chi connectivity index (χ4n) is 1.77. The summed E-state index contributed by atoms with van der Waals surface area (Å²) < 4.78 is 18.6. The van der Waals surface area contributed by atoms with Crippen molar-refractivity contribution in [1.82, 2.24) is 9.97 Å². The molecule has 118 valence electrons. The highest BCUT2D eigenvalue weighted by molar-refractivity contribution is 7.19. The predicted molar refractivity (Wildman–Crippen MR) is 84.7 cm³/mol. The highest BCUT2D eigenvalue weighted by atomic mass is 32.1. The van der Waals surface area contributed by atoms with Gasteiger partial charge in [-0.25, -0.2) is 14.2 Å². The van der Waals surface area contributed by atoms with Crippen LogP contribution < -0.4 is 4.90 Å². The zero-order chi connectivity index (χ0) is 16.5. The fraction of sp³-hybridized carbons (Fsp3) is 0.400. The molecule has 2 heterocycles. The summed E-state index contributed by atoms with van der Waals surface area (Å²) in [5.74, 6) is -0.424. The van der Waals surface area contributed by atoms with E-state index in [2.05, 4.69) is 9.97 Å². The van der Waals surface area contributed by atoms with E-state index in [-0.39, 0.29) is 0 Å². The number of anilines is 1. The van der Waals surface area contributed by atoms with E-state index >= 15 is 0 Å². The molecule has 0 aliphatic heterocycles. The molecule has 0 unspecified atom stereocenters. The fourth-order valence-corrected chi connectivity index (χ4v) is 2.77. The summed E-state index contributed by atoms with van der Waals surface area (Å²) in [6.45, 7) is 7.22. The van der Waals surface area contributed by atoms with Crippen molar-refractivity contribution in [2.24, 2.45) is 0 Å². The van der Waals surface area contributed by atoms with Gasteiger partial charge in [0.25, 0.3) is 0 Å². The summed E-state index contributed by atoms with van der Waals surface area (Å²) >= 11 is 1.29. The number of pyridine rings is 1. The van der Waals surface area contributed by atoms with Crippen LogP contribution in [0.15, 0.2) is 18.5 Å². The van der Waals surface area contributed by atoms with E-state index in [4.69, 9.17) is 4.74 Å².